The minimum Gasteiger partial charge on any atom is -0.492 e. The molecule has 0 saturated carbocycles. The van der Waals surface area contributed by atoms with Gasteiger partial charge in [-0.05, 0) is 6.92 Å². The van der Waals surface area contributed by atoms with Crippen LogP contribution in [0.1, 0.15) is 5.56 Å². The second-order valence-corrected chi connectivity index (χ2v) is 2.69. The maximum absolute atomic E-state index is 11.9. The summed E-state index contributed by atoms with van der Waals surface area (Å²) < 4.78 is 44.1. The van der Waals surface area contributed by atoms with Crippen molar-refractivity contribution in [1.29, 1.82) is 0 Å². The first-order valence-electron chi connectivity index (χ1n) is 3.87. The zero-order valence-corrected chi connectivity index (χ0v) is 7.94. The van der Waals surface area contributed by atoms with Crippen LogP contribution in [0.2, 0.25) is 0 Å². The third-order valence-corrected chi connectivity index (χ3v) is 1.67. The monoisotopic (exact) mass is 223 g/mol. The molecule has 1 aromatic rings. The molecule has 0 aliphatic carbocycles. The van der Waals surface area contributed by atoms with Crippen molar-refractivity contribution in [2.45, 2.75) is 13.3 Å². The third-order valence-electron chi connectivity index (χ3n) is 1.67. The number of halogens is 3. The van der Waals surface area contributed by atoms with Crippen molar-refractivity contribution in [2.24, 2.45) is 0 Å². The number of ether oxygens (including phenoxy) is 2. The molecule has 0 aromatic carbocycles. The molecule has 0 amide bonds. The van der Waals surface area contributed by atoms with E-state index in [4.69, 9.17) is 0 Å². The predicted octanol–water partition coefficient (Wildman–Crippen LogP) is 1.59. The molecule has 0 radical (unpaired) electrons. The largest absolute Gasteiger partial charge is 0.573 e. The van der Waals surface area contributed by atoms with E-state index in [-0.39, 0.29) is 11.3 Å². The number of hydrogen-bond donors (Lipinski definition) is 1. The lowest BCUT2D eigenvalue weighted by Crippen LogP contribution is -2.20. The quantitative estimate of drug-likeness (QED) is 0.828. The van der Waals surface area contributed by atoms with Crippen LogP contribution in [0.15, 0.2) is 11.0 Å². The molecule has 15 heavy (non-hydrogen) atoms. The van der Waals surface area contributed by atoms with E-state index >= 15 is 0 Å². The normalized spacial score (nSPS) is 11.3. The topological polar surface area (TPSA) is 51.3 Å². The first-order chi connectivity index (χ1) is 6.85. The molecular formula is C8H8F3NO3. The number of H-pyrrole nitrogens is 1. The van der Waals surface area contributed by atoms with Crippen molar-refractivity contribution < 1.29 is 22.6 Å². The van der Waals surface area contributed by atoms with Crippen LogP contribution in [0, 0.1) is 6.92 Å². The van der Waals surface area contributed by atoms with Gasteiger partial charge in [0, 0.05) is 0 Å². The fraction of sp³-hybridized carbons (Fsp3) is 0.375. The first kappa shape index (κ1) is 11.4. The summed E-state index contributed by atoms with van der Waals surface area (Å²) >= 11 is 0. The number of nitrogens with one attached hydrogen (secondary N) is 1. The molecule has 0 fully saturated rings. The number of methoxy groups -OCH3 is 1. The van der Waals surface area contributed by atoms with Crippen LogP contribution < -0.4 is 15.0 Å². The molecule has 7 heteroatoms. The highest BCUT2D eigenvalue weighted by Gasteiger charge is 2.33. The van der Waals surface area contributed by atoms with E-state index < -0.39 is 17.7 Å². The number of aromatic amines is 1. The van der Waals surface area contributed by atoms with Crippen LogP contribution in [0.4, 0.5) is 13.2 Å². The average molecular weight is 223 g/mol. The van der Waals surface area contributed by atoms with Crippen molar-refractivity contribution in [3.63, 3.8) is 0 Å². The summed E-state index contributed by atoms with van der Waals surface area (Å²) in [6.07, 6.45) is -4.01. The van der Waals surface area contributed by atoms with Crippen LogP contribution in [0.5, 0.6) is 11.5 Å². The van der Waals surface area contributed by atoms with E-state index in [1.165, 1.54) is 6.92 Å². The zero-order valence-electron chi connectivity index (χ0n) is 7.94. The van der Waals surface area contributed by atoms with E-state index in [1.54, 1.807) is 0 Å². The van der Waals surface area contributed by atoms with Crippen LogP contribution in [-0.4, -0.2) is 18.5 Å². The first-order valence-corrected chi connectivity index (χ1v) is 3.87. The van der Waals surface area contributed by atoms with Gasteiger partial charge in [-0.3, -0.25) is 4.79 Å². The number of pyridine rings is 1. The summed E-state index contributed by atoms with van der Waals surface area (Å²) in [7, 11) is 1.16. The Morgan fingerprint density at radius 1 is 1.40 bits per heavy atom. The van der Waals surface area contributed by atoms with Crippen molar-refractivity contribution in [2.75, 3.05) is 7.11 Å². The van der Waals surface area contributed by atoms with Gasteiger partial charge in [-0.15, -0.1) is 13.2 Å². The Balaban J connectivity index is 3.20. The fourth-order valence-corrected chi connectivity index (χ4v) is 1.05. The van der Waals surface area contributed by atoms with Crippen molar-refractivity contribution in [3.8, 4) is 11.5 Å². The van der Waals surface area contributed by atoms with Gasteiger partial charge in [0.25, 0.3) is 5.56 Å². The Morgan fingerprint density at radius 3 is 2.47 bits per heavy atom. The minimum atomic E-state index is -4.82. The maximum Gasteiger partial charge on any atom is 0.573 e. The standard InChI is InChI=1S/C8H8F3NO3/c1-4-6(14-2)5(3-12-7(4)13)15-8(9,10)11/h3H,1-2H3,(H,12,13). The lowest BCUT2D eigenvalue weighted by atomic mass is 10.3. The Hall–Kier alpha value is -1.66. The molecule has 84 valence electrons. The van der Waals surface area contributed by atoms with E-state index in [0.29, 0.717) is 0 Å². The van der Waals surface area contributed by atoms with Gasteiger partial charge >= 0.3 is 6.36 Å². The molecule has 1 N–H and O–H groups in total. The molecule has 0 saturated heterocycles. The van der Waals surface area contributed by atoms with E-state index in [1.807, 2.05) is 0 Å². The number of alkyl halides is 3. The number of aromatic nitrogens is 1. The molecule has 4 nitrogen and oxygen atoms in total. The highest BCUT2D eigenvalue weighted by Crippen LogP contribution is 2.31. The Labute approximate surface area is 82.6 Å². The van der Waals surface area contributed by atoms with Gasteiger partial charge < -0.3 is 14.5 Å². The van der Waals surface area contributed by atoms with Crippen LogP contribution >= 0.6 is 0 Å². The number of rotatable bonds is 2. The minimum absolute atomic E-state index is 0.0271. The second kappa shape index (κ2) is 3.84. The van der Waals surface area contributed by atoms with Crippen molar-refractivity contribution in [3.05, 3.63) is 22.1 Å². The smallest absolute Gasteiger partial charge is 0.492 e. The summed E-state index contributed by atoms with van der Waals surface area (Å²) in [5.74, 6) is -0.793. The molecule has 0 aliphatic heterocycles. The molecule has 0 spiro atoms. The highest BCUT2D eigenvalue weighted by atomic mass is 19.4. The molecule has 0 unspecified atom stereocenters. The van der Waals surface area contributed by atoms with Gasteiger partial charge in [-0.2, -0.15) is 0 Å². The van der Waals surface area contributed by atoms with E-state index in [9.17, 15) is 18.0 Å². The van der Waals surface area contributed by atoms with Gasteiger partial charge in [-0.25, -0.2) is 0 Å². The highest BCUT2D eigenvalue weighted by molar-refractivity contribution is 5.43. The van der Waals surface area contributed by atoms with Crippen LogP contribution in [0.25, 0.3) is 0 Å². The summed E-state index contributed by atoms with van der Waals surface area (Å²) in [5, 5.41) is 0. The average Bonchev–Trinajstić information content (AvgIpc) is 2.10. The summed E-state index contributed by atoms with van der Waals surface area (Å²) in [5.41, 5.74) is -0.499. The molecular weight excluding hydrogens is 215 g/mol. The number of hydrogen-bond acceptors (Lipinski definition) is 3. The summed E-state index contributed by atoms with van der Waals surface area (Å²) in [6, 6.07) is 0. The van der Waals surface area contributed by atoms with Gasteiger partial charge in [0.15, 0.2) is 11.5 Å². The molecule has 0 aliphatic rings. The Bertz CT molecular complexity index is 411. The predicted molar refractivity (Wildman–Crippen MR) is 45.0 cm³/mol. The summed E-state index contributed by atoms with van der Waals surface area (Å²) in [6.45, 7) is 1.33. The molecule has 1 heterocycles. The maximum atomic E-state index is 11.9. The fourth-order valence-electron chi connectivity index (χ4n) is 1.05. The van der Waals surface area contributed by atoms with Crippen LogP contribution in [-0.2, 0) is 0 Å². The Morgan fingerprint density at radius 2 is 2.00 bits per heavy atom. The lowest BCUT2D eigenvalue weighted by Gasteiger charge is -2.13. The van der Waals surface area contributed by atoms with Crippen LogP contribution in [0.3, 0.4) is 0 Å². The Kier molecular flexibility index (Phi) is 2.92. The third kappa shape index (κ3) is 2.64. The molecule has 0 bridgehead atoms. The molecule has 0 atom stereocenters. The van der Waals surface area contributed by atoms with Gasteiger partial charge in [-0.1, -0.05) is 0 Å². The zero-order chi connectivity index (χ0) is 11.6. The van der Waals surface area contributed by atoms with E-state index in [2.05, 4.69) is 14.5 Å². The SMILES string of the molecule is COc1c(OC(F)(F)F)c[nH]c(=O)c1C. The summed E-state index contributed by atoms with van der Waals surface area (Å²) in [4.78, 5) is 13.1. The van der Waals surface area contributed by atoms with E-state index in [0.717, 1.165) is 13.3 Å². The van der Waals surface area contributed by atoms with Crippen molar-refractivity contribution in [1.82, 2.24) is 4.98 Å². The van der Waals surface area contributed by atoms with Crippen molar-refractivity contribution >= 4 is 0 Å². The van der Waals surface area contributed by atoms with Gasteiger partial charge in [0.1, 0.15) is 0 Å². The molecule has 1 aromatic heterocycles. The van der Waals surface area contributed by atoms with Gasteiger partial charge in [0.2, 0.25) is 0 Å². The molecule has 1 rings (SSSR count). The second-order valence-electron chi connectivity index (χ2n) is 2.69. The lowest BCUT2D eigenvalue weighted by molar-refractivity contribution is -0.275. The van der Waals surface area contributed by atoms with Gasteiger partial charge in [0.05, 0.1) is 18.9 Å².